The second kappa shape index (κ2) is 10.3. The zero-order valence-electron chi connectivity index (χ0n) is 15.4. The van der Waals surface area contributed by atoms with Crippen LogP contribution in [0.15, 0.2) is 48.5 Å². The Morgan fingerprint density at radius 1 is 0.963 bits per heavy atom. The summed E-state index contributed by atoms with van der Waals surface area (Å²) in [6.07, 6.45) is 0.677. The minimum absolute atomic E-state index is 0.0339. The molecular formula is C21H23Cl2NO3. The van der Waals surface area contributed by atoms with Crippen molar-refractivity contribution in [3.05, 3.63) is 69.7 Å². The fourth-order valence-electron chi connectivity index (χ4n) is 2.74. The summed E-state index contributed by atoms with van der Waals surface area (Å²) in [4.78, 5) is 24.4. The molecule has 0 bridgehead atoms. The molecule has 1 N–H and O–H groups in total. The third-order valence-corrected chi connectivity index (χ3v) is 4.65. The largest absolute Gasteiger partial charge is 0.455 e. The van der Waals surface area contributed by atoms with Crippen LogP contribution < -0.4 is 5.32 Å². The van der Waals surface area contributed by atoms with Crippen LogP contribution in [0, 0.1) is 5.92 Å². The third kappa shape index (κ3) is 6.89. The summed E-state index contributed by atoms with van der Waals surface area (Å²) in [5.74, 6) is -1.15. The Morgan fingerprint density at radius 3 is 2.07 bits per heavy atom. The number of halogens is 2. The van der Waals surface area contributed by atoms with Gasteiger partial charge in [-0.3, -0.25) is 9.59 Å². The molecule has 0 saturated carbocycles. The molecule has 0 aliphatic heterocycles. The number of benzene rings is 2. The van der Waals surface area contributed by atoms with Crippen LogP contribution >= 0.6 is 23.2 Å². The monoisotopic (exact) mass is 407 g/mol. The summed E-state index contributed by atoms with van der Waals surface area (Å²) in [6.45, 7) is 4.04. The van der Waals surface area contributed by atoms with Gasteiger partial charge in [-0.1, -0.05) is 61.3 Å². The number of carbonyl (C=O) groups excluding carboxylic acids is 2. The number of hydrogen-bond acceptors (Lipinski definition) is 3. The Hall–Kier alpha value is -2.04. The number of rotatable bonds is 8. The van der Waals surface area contributed by atoms with Crippen molar-refractivity contribution in [1.29, 1.82) is 0 Å². The summed E-state index contributed by atoms with van der Waals surface area (Å²) < 4.78 is 5.23. The Labute approximate surface area is 169 Å². The predicted octanol–water partition coefficient (Wildman–Crippen LogP) is 4.64. The lowest BCUT2D eigenvalue weighted by Gasteiger charge is -2.20. The standard InChI is InChI=1S/C21H23Cl2NO3/c1-14(2)20(16-5-9-18(23)10-6-16)21(26)27-13-19(25)24-12-11-15-3-7-17(22)8-4-15/h3-10,14,20H,11-13H2,1-2H3,(H,24,25)/t20-/m0/s1. The second-order valence-corrected chi connectivity index (χ2v) is 7.48. The maximum Gasteiger partial charge on any atom is 0.314 e. The number of esters is 1. The van der Waals surface area contributed by atoms with Crippen molar-refractivity contribution >= 4 is 35.1 Å². The van der Waals surface area contributed by atoms with E-state index < -0.39 is 11.9 Å². The highest BCUT2D eigenvalue weighted by molar-refractivity contribution is 6.30. The number of hydrogen-bond donors (Lipinski definition) is 1. The fraction of sp³-hybridized carbons (Fsp3) is 0.333. The first-order valence-electron chi connectivity index (χ1n) is 8.80. The summed E-state index contributed by atoms with van der Waals surface area (Å²) in [5.41, 5.74) is 1.89. The van der Waals surface area contributed by atoms with Gasteiger partial charge in [-0.2, -0.15) is 0 Å². The molecule has 0 heterocycles. The summed E-state index contributed by atoms with van der Waals surface area (Å²) >= 11 is 11.7. The average Bonchev–Trinajstić information content (AvgIpc) is 2.63. The molecule has 0 fully saturated rings. The van der Waals surface area contributed by atoms with E-state index in [1.807, 2.05) is 38.1 Å². The molecule has 4 nitrogen and oxygen atoms in total. The van der Waals surface area contributed by atoms with Crippen LogP contribution in [0.3, 0.4) is 0 Å². The molecule has 0 unspecified atom stereocenters. The van der Waals surface area contributed by atoms with Crippen molar-refractivity contribution in [2.75, 3.05) is 13.2 Å². The van der Waals surface area contributed by atoms with E-state index in [2.05, 4.69) is 5.32 Å². The lowest BCUT2D eigenvalue weighted by molar-refractivity contribution is -0.151. The first-order valence-corrected chi connectivity index (χ1v) is 9.55. The van der Waals surface area contributed by atoms with Gasteiger partial charge in [0.1, 0.15) is 0 Å². The molecule has 1 atom stereocenters. The topological polar surface area (TPSA) is 55.4 Å². The molecule has 0 spiro atoms. The molecule has 144 valence electrons. The normalized spacial score (nSPS) is 11.9. The van der Waals surface area contributed by atoms with Gasteiger partial charge in [-0.05, 0) is 47.7 Å². The molecule has 0 radical (unpaired) electrons. The molecule has 2 rings (SSSR count). The van der Waals surface area contributed by atoms with Gasteiger partial charge in [0.25, 0.3) is 5.91 Å². The fourth-order valence-corrected chi connectivity index (χ4v) is 2.99. The maximum atomic E-state index is 12.5. The van der Waals surface area contributed by atoms with Crippen LogP contribution in [0.2, 0.25) is 10.0 Å². The quantitative estimate of drug-likeness (QED) is 0.648. The van der Waals surface area contributed by atoms with Gasteiger partial charge in [-0.15, -0.1) is 0 Å². The highest BCUT2D eigenvalue weighted by Gasteiger charge is 2.26. The van der Waals surface area contributed by atoms with Crippen molar-refractivity contribution in [2.24, 2.45) is 5.92 Å². The number of amides is 1. The lowest BCUT2D eigenvalue weighted by Crippen LogP contribution is -2.32. The highest BCUT2D eigenvalue weighted by Crippen LogP contribution is 2.27. The maximum absolute atomic E-state index is 12.5. The smallest absolute Gasteiger partial charge is 0.314 e. The Kier molecular flexibility index (Phi) is 8.14. The van der Waals surface area contributed by atoms with Crippen LogP contribution in [-0.4, -0.2) is 25.0 Å². The first-order chi connectivity index (χ1) is 12.9. The van der Waals surface area contributed by atoms with Gasteiger partial charge in [0, 0.05) is 16.6 Å². The molecule has 0 saturated heterocycles. The zero-order valence-corrected chi connectivity index (χ0v) is 16.9. The Balaban J connectivity index is 1.80. The van der Waals surface area contributed by atoms with Crippen LogP contribution in [-0.2, 0) is 20.7 Å². The molecule has 0 aliphatic carbocycles. The molecule has 2 aromatic carbocycles. The average molecular weight is 408 g/mol. The van der Waals surface area contributed by atoms with Gasteiger partial charge < -0.3 is 10.1 Å². The van der Waals surface area contributed by atoms with Gasteiger partial charge in [0.15, 0.2) is 6.61 Å². The Bertz CT molecular complexity index is 758. The minimum atomic E-state index is -0.441. The molecule has 1 amide bonds. The third-order valence-electron chi connectivity index (χ3n) is 4.14. The van der Waals surface area contributed by atoms with E-state index in [1.165, 1.54) is 0 Å². The van der Waals surface area contributed by atoms with E-state index in [4.69, 9.17) is 27.9 Å². The minimum Gasteiger partial charge on any atom is -0.455 e. The predicted molar refractivity (Wildman–Crippen MR) is 108 cm³/mol. The summed E-state index contributed by atoms with van der Waals surface area (Å²) in [6, 6.07) is 14.5. The van der Waals surface area contributed by atoms with Crippen molar-refractivity contribution in [1.82, 2.24) is 5.32 Å². The van der Waals surface area contributed by atoms with Crippen LogP contribution in [0.5, 0.6) is 0 Å². The zero-order chi connectivity index (χ0) is 19.8. The summed E-state index contributed by atoms with van der Waals surface area (Å²) in [5, 5.41) is 4.03. The molecular weight excluding hydrogens is 385 g/mol. The van der Waals surface area contributed by atoms with Crippen molar-refractivity contribution < 1.29 is 14.3 Å². The molecule has 0 aromatic heterocycles. The number of nitrogens with one attached hydrogen (secondary N) is 1. The van der Waals surface area contributed by atoms with Crippen LogP contribution in [0.4, 0.5) is 0 Å². The number of carbonyl (C=O) groups is 2. The highest BCUT2D eigenvalue weighted by atomic mass is 35.5. The van der Waals surface area contributed by atoms with E-state index >= 15 is 0 Å². The lowest BCUT2D eigenvalue weighted by atomic mass is 9.88. The van der Waals surface area contributed by atoms with Gasteiger partial charge in [0.05, 0.1) is 5.92 Å². The van der Waals surface area contributed by atoms with Crippen molar-refractivity contribution in [2.45, 2.75) is 26.2 Å². The second-order valence-electron chi connectivity index (χ2n) is 6.61. The van der Waals surface area contributed by atoms with E-state index in [-0.39, 0.29) is 18.4 Å². The van der Waals surface area contributed by atoms with Crippen molar-refractivity contribution in [3.63, 3.8) is 0 Å². The van der Waals surface area contributed by atoms with Gasteiger partial charge >= 0.3 is 5.97 Å². The van der Waals surface area contributed by atoms with E-state index in [9.17, 15) is 9.59 Å². The molecule has 27 heavy (non-hydrogen) atoms. The molecule has 2 aromatic rings. The van der Waals surface area contributed by atoms with Gasteiger partial charge in [-0.25, -0.2) is 0 Å². The van der Waals surface area contributed by atoms with Crippen molar-refractivity contribution in [3.8, 4) is 0 Å². The van der Waals surface area contributed by atoms with E-state index in [0.29, 0.717) is 23.0 Å². The Morgan fingerprint density at radius 2 is 1.52 bits per heavy atom. The van der Waals surface area contributed by atoms with Crippen LogP contribution in [0.25, 0.3) is 0 Å². The molecule has 0 aliphatic rings. The van der Waals surface area contributed by atoms with Crippen LogP contribution in [0.1, 0.15) is 30.9 Å². The summed E-state index contributed by atoms with van der Waals surface area (Å²) in [7, 11) is 0. The number of ether oxygens (including phenoxy) is 1. The first kappa shape index (κ1) is 21.3. The van der Waals surface area contributed by atoms with E-state index in [0.717, 1.165) is 11.1 Å². The SMILES string of the molecule is CC(C)[C@H](C(=O)OCC(=O)NCCc1ccc(Cl)cc1)c1ccc(Cl)cc1. The molecule has 6 heteroatoms. The van der Waals surface area contributed by atoms with E-state index in [1.54, 1.807) is 24.3 Å². The van der Waals surface area contributed by atoms with Gasteiger partial charge in [0.2, 0.25) is 0 Å².